The molecule has 0 aromatic heterocycles. The highest BCUT2D eigenvalue weighted by Crippen LogP contribution is 2.37. The average molecular weight is 425 g/mol. The molecule has 1 heterocycles. The van der Waals surface area contributed by atoms with Crippen molar-refractivity contribution in [1.82, 2.24) is 4.90 Å². The van der Waals surface area contributed by atoms with Gasteiger partial charge in [0.25, 0.3) is 11.8 Å². The fourth-order valence-electron chi connectivity index (χ4n) is 3.23. The number of ether oxygens (including phenoxy) is 1. The van der Waals surface area contributed by atoms with Gasteiger partial charge in [-0.1, -0.05) is 0 Å². The van der Waals surface area contributed by atoms with Gasteiger partial charge in [-0.05, 0) is 60.7 Å². The number of allylic oxidation sites excluding steroid dienone is 3. The number of halogens is 2. The molecule has 8 heteroatoms. The van der Waals surface area contributed by atoms with Gasteiger partial charge >= 0.3 is 5.97 Å². The number of rotatable bonds is 4. The lowest BCUT2D eigenvalue weighted by Crippen LogP contribution is -2.36. The zero-order valence-corrected chi connectivity index (χ0v) is 15.8. The second kappa shape index (κ2) is 7.65. The molecule has 0 saturated carbocycles. The lowest BCUT2D eigenvalue weighted by Gasteiger charge is -2.24. The van der Waals surface area contributed by atoms with Crippen LogP contribution in [0.3, 0.4) is 0 Å². The normalized spacial score (nSPS) is 24.7. The number of nitrogens with zero attached hydrogens (tertiary/aromatic N) is 2. The zero-order chi connectivity index (χ0) is 18.8. The summed E-state index contributed by atoms with van der Waals surface area (Å²) in [4.78, 5) is 41.8. The maximum absolute atomic E-state index is 14.6. The highest BCUT2D eigenvalue weighted by Gasteiger charge is 2.43. The van der Waals surface area contributed by atoms with E-state index in [1.165, 1.54) is 12.2 Å². The molecule has 0 bridgehead atoms. The first-order valence-corrected chi connectivity index (χ1v) is 9.27. The van der Waals surface area contributed by atoms with Crippen LogP contribution in [0.15, 0.2) is 38.5 Å². The molecule has 0 radical (unpaired) electrons. The van der Waals surface area contributed by atoms with Crippen LogP contribution in [0.2, 0.25) is 0 Å². The molecule has 138 valence electrons. The summed E-state index contributed by atoms with van der Waals surface area (Å²) in [5.41, 5.74) is 1.20. The fourth-order valence-corrected chi connectivity index (χ4v) is 3.70. The standard InChI is InChI=1S/C18H18BrFN2O4/c1-2-26-16(23)9-21-14-8-15(13(20)7-12(14)19)22-17(24)10-5-3-4-6-11(10)18(22)25/h7-8,13H,2-6,9H2,1H3. The lowest BCUT2D eigenvalue weighted by atomic mass is 9.93. The Morgan fingerprint density at radius 2 is 1.92 bits per heavy atom. The van der Waals surface area contributed by atoms with E-state index in [9.17, 15) is 18.8 Å². The predicted molar refractivity (Wildman–Crippen MR) is 96.3 cm³/mol. The summed E-state index contributed by atoms with van der Waals surface area (Å²) in [5.74, 6) is -1.41. The number of hydrogen-bond donors (Lipinski definition) is 0. The van der Waals surface area contributed by atoms with Crippen LogP contribution in [0.4, 0.5) is 4.39 Å². The van der Waals surface area contributed by atoms with E-state index in [0.29, 0.717) is 28.5 Å². The summed E-state index contributed by atoms with van der Waals surface area (Å²) >= 11 is 3.21. The van der Waals surface area contributed by atoms with E-state index < -0.39 is 24.0 Å². The van der Waals surface area contributed by atoms with Crippen molar-refractivity contribution in [1.29, 1.82) is 0 Å². The van der Waals surface area contributed by atoms with Gasteiger partial charge in [-0.25, -0.2) is 9.29 Å². The van der Waals surface area contributed by atoms with E-state index in [1.54, 1.807) is 6.92 Å². The van der Waals surface area contributed by atoms with Crippen molar-refractivity contribution in [3.8, 4) is 0 Å². The second-order valence-electron chi connectivity index (χ2n) is 6.10. The minimum Gasteiger partial charge on any atom is -0.465 e. The van der Waals surface area contributed by atoms with Crippen LogP contribution in [0.25, 0.3) is 0 Å². The highest BCUT2D eigenvalue weighted by atomic mass is 79.9. The van der Waals surface area contributed by atoms with Crippen molar-refractivity contribution in [2.45, 2.75) is 38.8 Å². The van der Waals surface area contributed by atoms with Gasteiger partial charge in [0, 0.05) is 15.6 Å². The Bertz CT molecular complexity index is 769. The molecule has 2 aliphatic carbocycles. The molecule has 3 rings (SSSR count). The highest BCUT2D eigenvalue weighted by molar-refractivity contribution is 9.12. The van der Waals surface area contributed by atoms with Crippen molar-refractivity contribution < 1.29 is 23.5 Å². The Morgan fingerprint density at radius 1 is 1.31 bits per heavy atom. The number of carbonyl (C=O) groups excluding carboxylic acids is 3. The molecule has 0 aromatic rings. The first-order valence-electron chi connectivity index (χ1n) is 8.48. The van der Waals surface area contributed by atoms with Crippen LogP contribution < -0.4 is 0 Å². The molecule has 0 fully saturated rings. The van der Waals surface area contributed by atoms with Crippen LogP contribution in [0.1, 0.15) is 32.6 Å². The number of amides is 2. The van der Waals surface area contributed by atoms with E-state index in [0.717, 1.165) is 17.7 Å². The number of imide groups is 1. The number of carbonyl (C=O) groups is 3. The van der Waals surface area contributed by atoms with Gasteiger partial charge in [-0.15, -0.1) is 0 Å². The smallest absolute Gasteiger partial charge is 0.327 e. The van der Waals surface area contributed by atoms with Crippen LogP contribution in [-0.4, -0.2) is 47.7 Å². The van der Waals surface area contributed by atoms with Gasteiger partial charge in [-0.3, -0.25) is 19.4 Å². The maximum Gasteiger partial charge on any atom is 0.327 e. The van der Waals surface area contributed by atoms with Gasteiger partial charge < -0.3 is 4.74 Å². The van der Waals surface area contributed by atoms with Crippen molar-refractivity contribution in [3.63, 3.8) is 0 Å². The van der Waals surface area contributed by atoms with Gasteiger partial charge in [0.2, 0.25) is 0 Å². The summed E-state index contributed by atoms with van der Waals surface area (Å²) in [7, 11) is 0. The zero-order valence-electron chi connectivity index (χ0n) is 14.3. The quantitative estimate of drug-likeness (QED) is 0.513. The first-order chi connectivity index (χ1) is 12.4. The Kier molecular flexibility index (Phi) is 5.50. The Balaban J connectivity index is 1.88. The van der Waals surface area contributed by atoms with Crippen molar-refractivity contribution in [2.75, 3.05) is 13.2 Å². The van der Waals surface area contributed by atoms with Crippen LogP contribution in [0.5, 0.6) is 0 Å². The summed E-state index contributed by atoms with van der Waals surface area (Å²) in [6.07, 6.45) is 3.72. The molecule has 3 aliphatic rings. The van der Waals surface area contributed by atoms with Gasteiger partial charge in [0.1, 0.15) is 6.54 Å². The summed E-state index contributed by atoms with van der Waals surface area (Å²) in [5, 5.41) is 0. The minimum absolute atomic E-state index is 0.0693. The number of esters is 1. The molecule has 26 heavy (non-hydrogen) atoms. The van der Waals surface area contributed by atoms with Crippen LogP contribution in [-0.2, 0) is 19.1 Å². The second-order valence-corrected chi connectivity index (χ2v) is 6.96. The Morgan fingerprint density at radius 3 is 2.50 bits per heavy atom. The molecule has 1 aliphatic heterocycles. The van der Waals surface area contributed by atoms with E-state index in [4.69, 9.17) is 4.74 Å². The van der Waals surface area contributed by atoms with E-state index in [2.05, 4.69) is 20.9 Å². The molecule has 2 amide bonds. The van der Waals surface area contributed by atoms with E-state index >= 15 is 0 Å². The fraction of sp³-hybridized carbons (Fsp3) is 0.444. The first kappa shape index (κ1) is 18.7. The van der Waals surface area contributed by atoms with Gasteiger partial charge in [0.05, 0.1) is 18.0 Å². The Labute approximate surface area is 158 Å². The van der Waals surface area contributed by atoms with Crippen molar-refractivity contribution in [2.24, 2.45) is 4.99 Å². The Hall–Kier alpha value is -2.09. The third-order valence-electron chi connectivity index (χ3n) is 4.44. The largest absolute Gasteiger partial charge is 0.465 e. The van der Waals surface area contributed by atoms with E-state index in [-0.39, 0.29) is 24.6 Å². The van der Waals surface area contributed by atoms with Gasteiger partial charge in [0.15, 0.2) is 6.17 Å². The third-order valence-corrected chi connectivity index (χ3v) is 5.11. The molecule has 6 nitrogen and oxygen atoms in total. The number of aliphatic imine (C=N–C) groups is 1. The van der Waals surface area contributed by atoms with Crippen molar-refractivity contribution in [3.05, 3.63) is 33.5 Å². The van der Waals surface area contributed by atoms with Crippen LogP contribution >= 0.6 is 15.9 Å². The molecule has 1 unspecified atom stereocenters. The average Bonchev–Trinajstić information content (AvgIpc) is 2.86. The predicted octanol–water partition coefficient (Wildman–Crippen LogP) is 2.74. The SMILES string of the molecule is CCOC(=O)CN=C1C=C(N2C(=O)C3=C(CCCC3)C2=O)C(F)C=C1Br. The van der Waals surface area contributed by atoms with E-state index in [1.807, 2.05) is 0 Å². The minimum atomic E-state index is -1.62. The topological polar surface area (TPSA) is 76.0 Å². The molecular weight excluding hydrogens is 407 g/mol. The molecule has 0 aromatic carbocycles. The molecule has 0 spiro atoms. The van der Waals surface area contributed by atoms with Gasteiger partial charge in [-0.2, -0.15) is 0 Å². The van der Waals surface area contributed by atoms with Crippen molar-refractivity contribution >= 4 is 39.4 Å². The monoisotopic (exact) mass is 424 g/mol. The summed E-state index contributed by atoms with van der Waals surface area (Å²) in [6.45, 7) is 1.69. The molecular formula is C18H18BrFN2O4. The third kappa shape index (κ3) is 3.42. The molecule has 1 atom stereocenters. The molecule has 0 N–H and O–H groups in total. The summed E-state index contributed by atoms with van der Waals surface area (Å²) in [6, 6.07) is 0. The lowest BCUT2D eigenvalue weighted by molar-refractivity contribution is -0.141. The van der Waals surface area contributed by atoms with Crippen LogP contribution in [0, 0.1) is 0 Å². The summed E-state index contributed by atoms with van der Waals surface area (Å²) < 4.78 is 19.8. The number of alkyl halides is 1. The molecule has 0 saturated heterocycles. The maximum atomic E-state index is 14.6. The number of hydrogen-bond acceptors (Lipinski definition) is 5.